The molecule has 0 saturated carbocycles. The number of halogens is 1. The number of piperazine rings is 1. The van der Waals surface area contributed by atoms with Gasteiger partial charge in [0.2, 0.25) is 22.3 Å². The molecule has 0 bridgehead atoms. The van der Waals surface area contributed by atoms with Gasteiger partial charge in [-0.1, -0.05) is 17.7 Å². The van der Waals surface area contributed by atoms with E-state index in [-0.39, 0.29) is 5.91 Å². The van der Waals surface area contributed by atoms with E-state index in [0.717, 1.165) is 17.0 Å². The summed E-state index contributed by atoms with van der Waals surface area (Å²) in [5, 5.41) is 0.389. The average Bonchev–Trinajstić information content (AvgIpc) is 2.53. The molecule has 1 aromatic rings. The third kappa shape index (κ3) is 4.18. The molecule has 0 aromatic heterocycles. The maximum Gasteiger partial charge on any atom is 0.246 e. The van der Waals surface area contributed by atoms with Crippen LogP contribution in [0, 0.1) is 0 Å². The number of benzene rings is 1. The fourth-order valence-corrected chi connectivity index (χ4v) is 4.07. The van der Waals surface area contributed by atoms with Crippen LogP contribution < -0.4 is 4.31 Å². The molecule has 1 fully saturated rings. The summed E-state index contributed by atoms with van der Waals surface area (Å²) in [4.78, 5) is 26.6. The van der Waals surface area contributed by atoms with Crippen molar-refractivity contribution in [1.29, 1.82) is 0 Å². The van der Waals surface area contributed by atoms with Crippen molar-refractivity contribution >= 4 is 39.6 Å². The molecule has 24 heavy (non-hydrogen) atoms. The summed E-state index contributed by atoms with van der Waals surface area (Å²) in [6, 6.07) is 5.48. The zero-order chi connectivity index (χ0) is 17.9. The lowest BCUT2D eigenvalue weighted by molar-refractivity contribution is -0.135. The van der Waals surface area contributed by atoms with Crippen LogP contribution in [0.2, 0.25) is 5.02 Å². The van der Waals surface area contributed by atoms with E-state index < -0.39 is 16.1 Å². The molecule has 1 aromatic carbocycles. The molecule has 9 heteroatoms. The predicted octanol–water partition coefficient (Wildman–Crippen LogP) is 0.795. The lowest BCUT2D eigenvalue weighted by Gasteiger charge is -2.36. The number of hydrogen-bond donors (Lipinski definition) is 0. The largest absolute Gasteiger partial charge is 0.342 e. The summed E-state index contributed by atoms with van der Waals surface area (Å²) in [5.41, 5.74) is 0.345. The molecule has 0 spiro atoms. The molecule has 1 aliphatic rings. The van der Waals surface area contributed by atoms with Crippen molar-refractivity contribution in [3.8, 4) is 0 Å². The standard InChI is InChI=1S/C15H20ClN3O4S/c1-12(15(21)18-8-6-17(11-20)7-9-18)19(24(2,22)23)14-5-3-4-13(16)10-14/h3-5,10-12H,6-9H2,1-2H3/t12-/m0/s1. The normalized spacial score (nSPS) is 16.6. The van der Waals surface area contributed by atoms with E-state index in [1.807, 2.05) is 0 Å². The Morgan fingerprint density at radius 1 is 1.29 bits per heavy atom. The highest BCUT2D eigenvalue weighted by atomic mass is 35.5. The number of carbonyl (C=O) groups excluding carboxylic acids is 2. The van der Waals surface area contributed by atoms with Gasteiger partial charge in [0.1, 0.15) is 6.04 Å². The van der Waals surface area contributed by atoms with Crippen LogP contribution in [0.25, 0.3) is 0 Å². The number of hydrogen-bond acceptors (Lipinski definition) is 4. The van der Waals surface area contributed by atoms with E-state index in [1.165, 1.54) is 6.07 Å². The fraction of sp³-hybridized carbons (Fsp3) is 0.467. The fourth-order valence-electron chi connectivity index (χ4n) is 2.73. The van der Waals surface area contributed by atoms with Crippen LogP contribution in [0.1, 0.15) is 6.92 Å². The van der Waals surface area contributed by atoms with E-state index in [4.69, 9.17) is 11.6 Å². The summed E-state index contributed by atoms with van der Waals surface area (Å²) in [6.07, 6.45) is 1.81. The Hall–Kier alpha value is -1.80. The Kier molecular flexibility index (Phi) is 5.71. The van der Waals surface area contributed by atoms with Crippen LogP contribution in [-0.4, -0.2) is 69.0 Å². The molecular formula is C15H20ClN3O4S. The van der Waals surface area contributed by atoms with Crippen molar-refractivity contribution in [3.05, 3.63) is 29.3 Å². The second-order valence-electron chi connectivity index (χ2n) is 5.68. The third-order valence-corrected chi connectivity index (χ3v) is 5.38. The maximum absolute atomic E-state index is 12.7. The van der Waals surface area contributed by atoms with Gasteiger partial charge in [-0.05, 0) is 25.1 Å². The van der Waals surface area contributed by atoms with Gasteiger partial charge >= 0.3 is 0 Å². The minimum atomic E-state index is -3.67. The van der Waals surface area contributed by atoms with E-state index in [2.05, 4.69) is 0 Å². The zero-order valence-corrected chi connectivity index (χ0v) is 15.1. The van der Waals surface area contributed by atoms with Crippen LogP contribution in [0.15, 0.2) is 24.3 Å². The highest BCUT2D eigenvalue weighted by Gasteiger charge is 2.33. The number of anilines is 1. The van der Waals surface area contributed by atoms with Gasteiger partial charge in [-0.15, -0.1) is 0 Å². The van der Waals surface area contributed by atoms with Gasteiger partial charge in [-0.3, -0.25) is 13.9 Å². The molecule has 0 aliphatic carbocycles. The highest BCUT2D eigenvalue weighted by molar-refractivity contribution is 7.92. The van der Waals surface area contributed by atoms with Crippen LogP contribution >= 0.6 is 11.6 Å². The van der Waals surface area contributed by atoms with Crippen molar-refractivity contribution in [1.82, 2.24) is 9.80 Å². The molecule has 132 valence electrons. The van der Waals surface area contributed by atoms with Gasteiger partial charge < -0.3 is 9.80 Å². The maximum atomic E-state index is 12.7. The van der Waals surface area contributed by atoms with Crippen molar-refractivity contribution in [2.45, 2.75) is 13.0 Å². The van der Waals surface area contributed by atoms with Gasteiger partial charge in [0.05, 0.1) is 11.9 Å². The number of amides is 2. The molecule has 0 N–H and O–H groups in total. The van der Waals surface area contributed by atoms with Gasteiger partial charge in [0.25, 0.3) is 0 Å². The van der Waals surface area contributed by atoms with Crippen LogP contribution in [-0.2, 0) is 19.6 Å². The Balaban J connectivity index is 2.24. The van der Waals surface area contributed by atoms with Crippen molar-refractivity contribution in [2.24, 2.45) is 0 Å². The molecule has 7 nitrogen and oxygen atoms in total. The van der Waals surface area contributed by atoms with Gasteiger partial charge in [0.15, 0.2) is 0 Å². The molecule has 1 heterocycles. The van der Waals surface area contributed by atoms with Crippen LogP contribution in [0.5, 0.6) is 0 Å². The Morgan fingerprint density at radius 2 is 1.92 bits per heavy atom. The Morgan fingerprint density at radius 3 is 2.42 bits per heavy atom. The molecule has 0 unspecified atom stereocenters. The van der Waals surface area contributed by atoms with Crippen molar-refractivity contribution in [2.75, 3.05) is 36.7 Å². The minimum Gasteiger partial charge on any atom is -0.342 e. The van der Waals surface area contributed by atoms with Crippen LogP contribution in [0.3, 0.4) is 0 Å². The number of rotatable bonds is 5. The summed E-state index contributed by atoms with van der Waals surface area (Å²) >= 11 is 5.95. The summed E-state index contributed by atoms with van der Waals surface area (Å²) in [5.74, 6) is -0.300. The van der Waals surface area contributed by atoms with Crippen molar-refractivity contribution in [3.63, 3.8) is 0 Å². The first-order chi connectivity index (χ1) is 11.2. The van der Waals surface area contributed by atoms with Gasteiger partial charge in [-0.2, -0.15) is 0 Å². The molecule has 0 radical (unpaired) electrons. The zero-order valence-electron chi connectivity index (χ0n) is 13.6. The average molecular weight is 374 g/mol. The van der Waals surface area contributed by atoms with E-state index in [9.17, 15) is 18.0 Å². The van der Waals surface area contributed by atoms with E-state index in [1.54, 1.807) is 34.9 Å². The molecule has 1 atom stereocenters. The highest BCUT2D eigenvalue weighted by Crippen LogP contribution is 2.25. The first-order valence-corrected chi connectivity index (χ1v) is 9.70. The molecular weight excluding hydrogens is 354 g/mol. The minimum absolute atomic E-state index is 0.300. The second kappa shape index (κ2) is 7.40. The lowest BCUT2D eigenvalue weighted by atomic mass is 10.2. The number of carbonyl (C=O) groups is 2. The first-order valence-electron chi connectivity index (χ1n) is 7.47. The Bertz CT molecular complexity index is 717. The smallest absolute Gasteiger partial charge is 0.246 e. The Labute approximate surface area is 146 Å². The van der Waals surface area contributed by atoms with E-state index >= 15 is 0 Å². The molecule has 2 rings (SSSR count). The quantitative estimate of drug-likeness (QED) is 0.715. The summed E-state index contributed by atoms with van der Waals surface area (Å²) < 4.78 is 25.5. The van der Waals surface area contributed by atoms with E-state index in [0.29, 0.717) is 36.9 Å². The summed E-state index contributed by atoms with van der Waals surface area (Å²) in [6.45, 7) is 3.20. The number of nitrogens with zero attached hydrogens (tertiary/aromatic N) is 3. The van der Waals surface area contributed by atoms with Crippen LogP contribution in [0.4, 0.5) is 5.69 Å². The summed E-state index contributed by atoms with van der Waals surface area (Å²) in [7, 11) is -3.67. The SMILES string of the molecule is C[C@@H](C(=O)N1CCN(C=O)CC1)N(c1cccc(Cl)c1)S(C)(=O)=O. The molecule has 1 aliphatic heterocycles. The second-order valence-corrected chi connectivity index (χ2v) is 7.98. The van der Waals surface area contributed by atoms with Crippen molar-refractivity contribution < 1.29 is 18.0 Å². The monoisotopic (exact) mass is 373 g/mol. The lowest BCUT2D eigenvalue weighted by Crippen LogP contribution is -2.55. The third-order valence-electron chi connectivity index (χ3n) is 3.90. The molecule has 2 amide bonds. The van der Waals surface area contributed by atoms with Gasteiger partial charge in [-0.25, -0.2) is 8.42 Å². The first kappa shape index (κ1) is 18.5. The molecule has 1 saturated heterocycles. The van der Waals surface area contributed by atoms with Gasteiger partial charge in [0, 0.05) is 31.2 Å². The number of sulfonamides is 1. The predicted molar refractivity (Wildman–Crippen MR) is 92.5 cm³/mol. The topological polar surface area (TPSA) is 78.0 Å².